The number of carbonyl (C=O) groups is 1. The Balaban J connectivity index is 1.39. The van der Waals surface area contributed by atoms with E-state index >= 15 is 0 Å². The monoisotopic (exact) mass is 340 g/mol. The number of hydrogen-bond donors (Lipinski definition) is 1. The molecule has 25 heavy (non-hydrogen) atoms. The second-order valence-corrected chi connectivity index (χ2v) is 6.06. The molecule has 1 saturated heterocycles. The highest BCUT2D eigenvalue weighted by molar-refractivity contribution is 5.92. The summed E-state index contributed by atoms with van der Waals surface area (Å²) in [4.78, 5) is 14.5. The first-order valence-corrected chi connectivity index (χ1v) is 8.18. The Morgan fingerprint density at radius 2 is 1.96 bits per heavy atom. The van der Waals surface area contributed by atoms with Crippen molar-refractivity contribution in [3.63, 3.8) is 0 Å². The van der Waals surface area contributed by atoms with Crippen molar-refractivity contribution in [2.45, 2.75) is 12.8 Å². The van der Waals surface area contributed by atoms with Gasteiger partial charge >= 0.3 is 0 Å². The van der Waals surface area contributed by atoms with Crippen molar-refractivity contribution in [1.82, 2.24) is 19.8 Å². The average Bonchev–Trinajstić information content (AvgIpc) is 3.11. The standard InChI is InChI=1S/C17H17FN6O/c18-13-3-1-2-4-14(13)20-17(25)12-7-9-23(10-8-12)16-6-5-15-21-19-11-24(15)22-16/h1-6,11-12H,7-10H2,(H,20,25). The lowest BCUT2D eigenvalue weighted by Crippen LogP contribution is -2.38. The number of amides is 1. The summed E-state index contributed by atoms with van der Waals surface area (Å²) in [5.41, 5.74) is 0.928. The minimum atomic E-state index is -0.417. The zero-order chi connectivity index (χ0) is 17.2. The third-order valence-corrected chi connectivity index (χ3v) is 4.47. The van der Waals surface area contributed by atoms with Crippen LogP contribution in [0.1, 0.15) is 12.8 Å². The van der Waals surface area contributed by atoms with E-state index in [4.69, 9.17) is 0 Å². The third kappa shape index (κ3) is 3.15. The van der Waals surface area contributed by atoms with Crippen LogP contribution in [-0.2, 0) is 4.79 Å². The van der Waals surface area contributed by atoms with Crippen LogP contribution in [-0.4, -0.2) is 38.8 Å². The number of piperidine rings is 1. The number of nitrogens with one attached hydrogen (secondary N) is 1. The molecule has 1 fully saturated rings. The highest BCUT2D eigenvalue weighted by atomic mass is 19.1. The molecule has 0 saturated carbocycles. The molecule has 0 radical (unpaired) electrons. The van der Waals surface area contributed by atoms with Crippen molar-refractivity contribution < 1.29 is 9.18 Å². The molecule has 0 spiro atoms. The Bertz CT molecular complexity index is 903. The highest BCUT2D eigenvalue weighted by Crippen LogP contribution is 2.23. The number of rotatable bonds is 3. The summed E-state index contributed by atoms with van der Waals surface area (Å²) < 4.78 is 15.3. The van der Waals surface area contributed by atoms with Crippen molar-refractivity contribution in [1.29, 1.82) is 0 Å². The molecule has 0 bridgehead atoms. The van der Waals surface area contributed by atoms with Crippen molar-refractivity contribution in [2.24, 2.45) is 5.92 Å². The van der Waals surface area contributed by atoms with E-state index < -0.39 is 5.82 Å². The maximum absolute atomic E-state index is 13.7. The van der Waals surface area contributed by atoms with Crippen LogP contribution in [0, 0.1) is 11.7 Å². The number of halogens is 1. The predicted octanol–water partition coefficient (Wildman–Crippen LogP) is 2.12. The number of carbonyl (C=O) groups excluding carboxylic acids is 1. The topological polar surface area (TPSA) is 75.4 Å². The van der Waals surface area contributed by atoms with E-state index in [-0.39, 0.29) is 17.5 Å². The molecule has 2 aromatic heterocycles. The Morgan fingerprint density at radius 1 is 1.16 bits per heavy atom. The van der Waals surface area contributed by atoms with Gasteiger partial charge in [0.1, 0.15) is 18.0 Å². The fourth-order valence-corrected chi connectivity index (χ4v) is 3.06. The van der Waals surface area contributed by atoms with E-state index in [1.54, 1.807) is 29.0 Å². The van der Waals surface area contributed by atoms with Gasteiger partial charge in [-0.15, -0.1) is 15.3 Å². The van der Waals surface area contributed by atoms with Crippen LogP contribution in [0.2, 0.25) is 0 Å². The van der Waals surface area contributed by atoms with Crippen LogP contribution >= 0.6 is 0 Å². The van der Waals surface area contributed by atoms with Crippen molar-refractivity contribution in [3.05, 3.63) is 48.5 Å². The van der Waals surface area contributed by atoms with Crippen LogP contribution in [0.4, 0.5) is 15.9 Å². The molecule has 1 aliphatic rings. The zero-order valence-electron chi connectivity index (χ0n) is 13.5. The second kappa shape index (κ2) is 6.46. The lowest BCUT2D eigenvalue weighted by atomic mass is 9.96. The Kier molecular flexibility index (Phi) is 4.01. The third-order valence-electron chi connectivity index (χ3n) is 4.47. The number of hydrogen-bond acceptors (Lipinski definition) is 5. The summed E-state index contributed by atoms with van der Waals surface area (Å²) in [5.74, 6) is 0.154. The molecule has 8 heteroatoms. The van der Waals surface area contributed by atoms with Gasteiger partial charge < -0.3 is 10.2 Å². The molecule has 3 heterocycles. The van der Waals surface area contributed by atoms with Crippen LogP contribution in [0.15, 0.2) is 42.7 Å². The van der Waals surface area contributed by atoms with E-state index in [9.17, 15) is 9.18 Å². The van der Waals surface area contributed by atoms with Gasteiger partial charge in [-0.2, -0.15) is 4.52 Å². The molecule has 128 valence electrons. The molecule has 1 aromatic carbocycles. The van der Waals surface area contributed by atoms with Gasteiger partial charge in [0.05, 0.1) is 5.69 Å². The fourth-order valence-electron chi connectivity index (χ4n) is 3.06. The van der Waals surface area contributed by atoms with Crippen LogP contribution in [0.5, 0.6) is 0 Å². The van der Waals surface area contributed by atoms with E-state index in [2.05, 4.69) is 25.5 Å². The van der Waals surface area contributed by atoms with Gasteiger partial charge in [0.15, 0.2) is 5.65 Å². The lowest BCUT2D eigenvalue weighted by molar-refractivity contribution is -0.120. The molecular weight excluding hydrogens is 323 g/mol. The molecular formula is C17H17FN6O. The van der Waals surface area contributed by atoms with E-state index in [0.717, 1.165) is 18.9 Å². The van der Waals surface area contributed by atoms with E-state index in [1.165, 1.54) is 6.07 Å². The van der Waals surface area contributed by atoms with Crippen molar-refractivity contribution in [2.75, 3.05) is 23.3 Å². The summed E-state index contributed by atoms with van der Waals surface area (Å²) in [6.45, 7) is 1.44. The van der Waals surface area contributed by atoms with E-state index in [1.807, 2.05) is 12.1 Å². The molecule has 3 aromatic rings. The number of aromatic nitrogens is 4. The molecule has 4 rings (SSSR count). The first kappa shape index (κ1) is 15.5. The molecule has 1 N–H and O–H groups in total. The summed E-state index contributed by atoms with van der Waals surface area (Å²) in [5, 5.41) is 14.9. The minimum absolute atomic E-state index is 0.130. The number of para-hydroxylation sites is 1. The molecule has 1 aliphatic heterocycles. The molecule has 7 nitrogen and oxygen atoms in total. The zero-order valence-corrected chi connectivity index (χ0v) is 13.5. The maximum Gasteiger partial charge on any atom is 0.227 e. The van der Waals surface area contributed by atoms with Gasteiger partial charge in [0.2, 0.25) is 5.91 Å². The van der Waals surface area contributed by atoms with Gasteiger partial charge in [0.25, 0.3) is 0 Å². The Labute approximate surface area is 143 Å². The first-order chi connectivity index (χ1) is 12.2. The van der Waals surface area contributed by atoms with Gasteiger partial charge in [-0.05, 0) is 37.1 Å². The summed E-state index contributed by atoms with van der Waals surface area (Å²) in [6.07, 6.45) is 2.96. The number of fused-ring (bicyclic) bond motifs is 1. The molecule has 0 aliphatic carbocycles. The smallest absolute Gasteiger partial charge is 0.227 e. The SMILES string of the molecule is O=C(Nc1ccccc1F)C1CCN(c2ccc3nncn3n2)CC1. The Morgan fingerprint density at radius 3 is 2.76 bits per heavy atom. The van der Waals surface area contributed by atoms with Crippen molar-refractivity contribution in [3.8, 4) is 0 Å². The minimum Gasteiger partial charge on any atom is -0.355 e. The van der Waals surface area contributed by atoms with E-state index in [0.29, 0.717) is 18.5 Å². The summed E-state index contributed by atoms with van der Waals surface area (Å²) >= 11 is 0. The number of benzene rings is 1. The molecule has 0 atom stereocenters. The van der Waals surface area contributed by atoms with Gasteiger partial charge in [0, 0.05) is 19.0 Å². The lowest BCUT2D eigenvalue weighted by Gasteiger charge is -2.32. The van der Waals surface area contributed by atoms with Gasteiger partial charge in [-0.25, -0.2) is 4.39 Å². The number of anilines is 2. The Hall–Kier alpha value is -3.03. The van der Waals surface area contributed by atoms with Crippen molar-refractivity contribution >= 4 is 23.1 Å². The van der Waals surface area contributed by atoms with Gasteiger partial charge in [-0.1, -0.05) is 12.1 Å². The molecule has 0 unspecified atom stereocenters. The summed E-state index contributed by atoms with van der Waals surface area (Å²) in [6, 6.07) is 9.99. The van der Waals surface area contributed by atoms with Crippen LogP contribution in [0.3, 0.4) is 0 Å². The first-order valence-electron chi connectivity index (χ1n) is 8.18. The fraction of sp³-hybridized carbons (Fsp3) is 0.294. The maximum atomic E-state index is 13.7. The van der Waals surface area contributed by atoms with Crippen LogP contribution < -0.4 is 10.2 Å². The predicted molar refractivity (Wildman–Crippen MR) is 90.7 cm³/mol. The largest absolute Gasteiger partial charge is 0.355 e. The van der Waals surface area contributed by atoms with Gasteiger partial charge in [-0.3, -0.25) is 4.79 Å². The van der Waals surface area contributed by atoms with Crippen LogP contribution in [0.25, 0.3) is 5.65 Å². The highest BCUT2D eigenvalue weighted by Gasteiger charge is 2.26. The summed E-state index contributed by atoms with van der Waals surface area (Å²) in [7, 11) is 0. The normalized spacial score (nSPS) is 15.5. The average molecular weight is 340 g/mol. The molecule has 1 amide bonds. The quantitative estimate of drug-likeness (QED) is 0.790. The number of nitrogens with zero attached hydrogens (tertiary/aromatic N) is 5. The second-order valence-electron chi connectivity index (χ2n) is 6.06.